The molecule has 2 aliphatic rings. The van der Waals surface area contributed by atoms with Crippen LogP contribution in [0.2, 0.25) is 0 Å². The first-order valence-corrected chi connectivity index (χ1v) is 19.1. The Balaban J connectivity index is 0.00000202. The number of benzene rings is 4. The van der Waals surface area contributed by atoms with Crippen LogP contribution >= 0.6 is 24.8 Å². The molecule has 0 saturated heterocycles. The maximum atomic E-state index is 2.67. The van der Waals surface area contributed by atoms with Gasteiger partial charge in [0, 0.05) is 0 Å². The molecule has 3 heteroatoms. The van der Waals surface area contributed by atoms with Crippen molar-refractivity contribution in [2.75, 3.05) is 0 Å². The molecule has 0 amide bonds. The molecule has 0 heterocycles. The van der Waals surface area contributed by atoms with Gasteiger partial charge < -0.3 is 0 Å². The normalized spacial score (nSPS) is 13.6. The van der Waals surface area contributed by atoms with E-state index in [-0.39, 0.29) is 24.8 Å². The molecular weight excluding hydrogens is 631 g/mol. The largest absolute Gasteiger partial charge is 0.147 e. The summed E-state index contributed by atoms with van der Waals surface area (Å²) >= 11 is -2.67. The predicted octanol–water partition coefficient (Wildman–Crippen LogP) is 11.0. The Kier molecular flexibility index (Phi) is 11.2. The van der Waals surface area contributed by atoms with Crippen molar-refractivity contribution >= 4 is 28.0 Å². The average molecular weight is 673 g/mol. The minimum Gasteiger partial charge on any atom is -0.147 e. The van der Waals surface area contributed by atoms with Crippen molar-refractivity contribution in [3.63, 3.8) is 0 Å². The predicted molar refractivity (Wildman–Crippen MR) is 183 cm³/mol. The molecule has 0 nitrogen and oxygen atoms in total. The monoisotopic (exact) mass is 670 g/mol. The molecule has 0 spiro atoms. The van der Waals surface area contributed by atoms with Crippen LogP contribution in [-0.2, 0) is 34.1 Å². The van der Waals surface area contributed by atoms with Gasteiger partial charge >= 0.3 is 250 Å². The maximum absolute atomic E-state index is 2.67. The molecule has 42 heavy (non-hydrogen) atoms. The fraction of sp³-hybridized carbons (Fsp3) is 0.256. The Morgan fingerprint density at radius 1 is 0.619 bits per heavy atom. The number of hydrogen-bond acceptors (Lipinski definition) is 0. The smallest absolute Gasteiger partial charge is 0.147 e. The molecule has 0 N–H and O–H groups in total. The van der Waals surface area contributed by atoms with Gasteiger partial charge in [-0.25, -0.2) is 0 Å². The van der Waals surface area contributed by atoms with Gasteiger partial charge in [-0.3, -0.25) is 0 Å². The summed E-state index contributed by atoms with van der Waals surface area (Å²) in [5, 5.41) is 0. The first-order chi connectivity index (χ1) is 19.7. The molecule has 4 aromatic carbocycles. The summed E-state index contributed by atoms with van der Waals surface area (Å²) < 4.78 is 3.89. The molecule has 0 aliphatic heterocycles. The molecule has 2 aliphatic carbocycles. The molecule has 0 radical (unpaired) electrons. The van der Waals surface area contributed by atoms with Gasteiger partial charge in [0.05, 0.1) is 0 Å². The van der Waals surface area contributed by atoms with Crippen molar-refractivity contribution < 1.29 is 21.3 Å². The van der Waals surface area contributed by atoms with Crippen LogP contribution in [0.3, 0.4) is 0 Å². The zero-order valence-electron chi connectivity index (χ0n) is 25.2. The second-order valence-electron chi connectivity index (χ2n) is 11.2. The Labute approximate surface area is 273 Å². The minimum atomic E-state index is -2.67. The summed E-state index contributed by atoms with van der Waals surface area (Å²) in [6.45, 7) is 9.28. The number of allylic oxidation sites excluding steroid dienone is 4. The third kappa shape index (κ3) is 6.04. The van der Waals surface area contributed by atoms with E-state index in [9.17, 15) is 0 Å². The van der Waals surface area contributed by atoms with Crippen molar-refractivity contribution in [1.29, 1.82) is 0 Å². The zero-order chi connectivity index (χ0) is 27.6. The van der Waals surface area contributed by atoms with Gasteiger partial charge in [-0.05, 0) is 0 Å². The standard InChI is InChI=1S/C17H17.C13H10.C9H13.2ClH.Zr/c1-3-12-5-7-16-14(9-12)11-15-10-13(4-2)6-8-17(15)16;1-3-7-12(8-4-1)11-13-9-5-2-6-10-13;1-3-8-6-5-7-9(8)4-2;;;/h5-11H,3-4H2,1-2H3;1-10H;6H,3-4,7H2,1-2H3;2*1H;. The summed E-state index contributed by atoms with van der Waals surface area (Å²) in [6, 6.07) is 37.5. The van der Waals surface area contributed by atoms with Crippen LogP contribution in [0, 0.1) is 0 Å². The molecule has 0 saturated carbocycles. The fourth-order valence-corrected chi connectivity index (χ4v) is 16.1. The summed E-state index contributed by atoms with van der Waals surface area (Å²) in [6.07, 6.45) is 8.28. The molecule has 6 rings (SSSR count). The number of halogens is 2. The Bertz CT molecular complexity index is 1550. The molecular formula is C39H42Cl2Zr. The molecule has 0 bridgehead atoms. The van der Waals surface area contributed by atoms with Gasteiger partial charge in [0.25, 0.3) is 0 Å². The van der Waals surface area contributed by atoms with Crippen LogP contribution in [0.5, 0.6) is 0 Å². The van der Waals surface area contributed by atoms with Crippen LogP contribution in [0.4, 0.5) is 0 Å². The summed E-state index contributed by atoms with van der Waals surface area (Å²) in [4.78, 5) is 0. The number of aryl methyl sites for hydroxylation is 2. The maximum Gasteiger partial charge on any atom is -0.147 e. The molecule has 0 unspecified atom stereocenters. The summed E-state index contributed by atoms with van der Waals surface area (Å²) in [7, 11) is 0. The Morgan fingerprint density at radius 3 is 1.52 bits per heavy atom. The molecule has 4 aromatic rings. The van der Waals surface area contributed by atoms with E-state index in [4.69, 9.17) is 0 Å². The van der Waals surface area contributed by atoms with Crippen molar-refractivity contribution in [3.8, 4) is 11.1 Å². The Hall–Kier alpha value is -2.31. The van der Waals surface area contributed by atoms with E-state index in [0.29, 0.717) is 3.63 Å². The molecule has 0 aromatic heterocycles. The SMILES string of the molecule is CCC1=C(CC)C[C]([Zr](=[C](c2ccccc2)c2ccccc2)[CH]2c3cc(CC)ccc3-c3ccc(CC)cc32)=C1.Cl.Cl. The molecule has 216 valence electrons. The first kappa shape index (κ1) is 32.6. The third-order valence-electron chi connectivity index (χ3n) is 9.00. The van der Waals surface area contributed by atoms with Gasteiger partial charge in [-0.15, -0.1) is 24.8 Å². The van der Waals surface area contributed by atoms with Gasteiger partial charge in [-0.2, -0.15) is 0 Å². The minimum absolute atomic E-state index is 0. The number of fused-ring (bicyclic) bond motifs is 3. The topological polar surface area (TPSA) is 0 Å². The van der Waals surface area contributed by atoms with E-state index in [1.165, 1.54) is 39.8 Å². The second kappa shape index (κ2) is 14.4. The summed E-state index contributed by atoms with van der Waals surface area (Å²) in [5.41, 5.74) is 15.1. The van der Waals surface area contributed by atoms with Crippen molar-refractivity contribution in [2.24, 2.45) is 0 Å². The van der Waals surface area contributed by atoms with E-state index >= 15 is 0 Å². The van der Waals surface area contributed by atoms with Crippen LogP contribution in [0.1, 0.15) is 84.0 Å². The second-order valence-corrected chi connectivity index (χ2v) is 17.4. The van der Waals surface area contributed by atoms with Crippen molar-refractivity contribution in [3.05, 3.63) is 151 Å². The summed E-state index contributed by atoms with van der Waals surface area (Å²) in [5.74, 6) is 0. The van der Waals surface area contributed by atoms with E-state index in [2.05, 4.69) is 131 Å². The van der Waals surface area contributed by atoms with Crippen LogP contribution in [0.15, 0.2) is 118 Å². The van der Waals surface area contributed by atoms with Gasteiger partial charge in [0.1, 0.15) is 0 Å². The molecule has 0 atom stereocenters. The van der Waals surface area contributed by atoms with Crippen LogP contribution < -0.4 is 0 Å². The van der Waals surface area contributed by atoms with Crippen LogP contribution in [-0.4, -0.2) is 3.21 Å². The van der Waals surface area contributed by atoms with Gasteiger partial charge in [0.15, 0.2) is 0 Å². The van der Waals surface area contributed by atoms with E-state index < -0.39 is 21.3 Å². The van der Waals surface area contributed by atoms with Crippen molar-refractivity contribution in [1.82, 2.24) is 0 Å². The number of rotatable bonds is 8. The zero-order valence-corrected chi connectivity index (χ0v) is 29.3. The quantitative estimate of drug-likeness (QED) is 0.175. The number of hydrogen-bond donors (Lipinski definition) is 0. The van der Waals surface area contributed by atoms with Crippen LogP contribution in [0.25, 0.3) is 11.1 Å². The van der Waals surface area contributed by atoms with Crippen molar-refractivity contribution in [2.45, 2.75) is 63.4 Å². The van der Waals surface area contributed by atoms with E-state index in [1.54, 1.807) is 28.8 Å². The first-order valence-electron chi connectivity index (χ1n) is 15.2. The van der Waals surface area contributed by atoms with Gasteiger partial charge in [0.2, 0.25) is 0 Å². The van der Waals surface area contributed by atoms with E-state index in [1.807, 2.05) is 0 Å². The third-order valence-corrected chi connectivity index (χ3v) is 17.2. The van der Waals surface area contributed by atoms with E-state index in [0.717, 1.165) is 25.7 Å². The fourth-order valence-electron chi connectivity index (χ4n) is 6.87. The Morgan fingerprint density at radius 2 is 1.12 bits per heavy atom. The average Bonchev–Trinajstić information content (AvgIpc) is 3.58. The molecule has 0 fully saturated rings. The van der Waals surface area contributed by atoms with Gasteiger partial charge in [-0.1, -0.05) is 0 Å².